The van der Waals surface area contributed by atoms with Gasteiger partial charge in [-0.1, -0.05) is 0 Å². The Labute approximate surface area is 124 Å². The number of nitrogens with two attached hydrogens (primary N) is 1. The number of aromatic nitrogens is 2. The molecule has 2 N–H and O–H groups in total. The lowest BCUT2D eigenvalue weighted by atomic mass is 10.2. The van der Waals surface area contributed by atoms with Crippen LogP contribution in [0.4, 0.5) is 5.82 Å². The van der Waals surface area contributed by atoms with E-state index in [4.69, 9.17) is 22.1 Å². The van der Waals surface area contributed by atoms with Crippen molar-refractivity contribution in [3.05, 3.63) is 16.7 Å². The molecule has 1 amide bonds. The van der Waals surface area contributed by atoms with Crippen LogP contribution in [0.15, 0.2) is 11.4 Å². The highest BCUT2D eigenvalue weighted by molar-refractivity contribution is 7.17. The van der Waals surface area contributed by atoms with E-state index in [1.165, 1.54) is 0 Å². The SMILES string of the molecule is NC(=O)CC1CN(c2nc(Cl)nc3ccsc23)CCO1. The van der Waals surface area contributed by atoms with Crippen LogP contribution in [-0.4, -0.2) is 41.7 Å². The van der Waals surface area contributed by atoms with Crippen molar-refractivity contribution in [2.24, 2.45) is 5.73 Å². The number of nitrogens with zero attached hydrogens (tertiary/aromatic N) is 3. The van der Waals surface area contributed by atoms with Gasteiger partial charge < -0.3 is 15.4 Å². The summed E-state index contributed by atoms with van der Waals surface area (Å²) in [5.74, 6) is 0.437. The van der Waals surface area contributed by atoms with Crippen LogP contribution in [0, 0.1) is 0 Å². The summed E-state index contributed by atoms with van der Waals surface area (Å²) in [5.41, 5.74) is 6.06. The highest BCUT2D eigenvalue weighted by atomic mass is 35.5. The van der Waals surface area contributed by atoms with Crippen LogP contribution in [0.3, 0.4) is 0 Å². The van der Waals surface area contributed by atoms with Crippen molar-refractivity contribution in [2.45, 2.75) is 12.5 Å². The van der Waals surface area contributed by atoms with Gasteiger partial charge in [0.05, 0.1) is 29.3 Å². The standard InChI is InChI=1S/C12H13ClN4O2S/c13-12-15-8-1-4-20-10(8)11(16-12)17-2-3-19-7(6-17)5-9(14)18/h1,4,7H,2-3,5-6H2,(H2,14,18). The van der Waals surface area contributed by atoms with Gasteiger partial charge in [0.25, 0.3) is 0 Å². The number of halogens is 1. The third-order valence-corrected chi connectivity index (χ3v) is 4.19. The zero-order valence-corrected chi connectivity index (χ0v) is 12.2. The molecule has 20 heavy (non-hydrogen) atoms. The normalized spacial score (nSPS) is 19.4. The van der Waals surface area contributed by atoms with Crippen LogP contribution in [0.1, 0.15) is 6.42 Å². The third kappa shape index (κ3) is 2.70. The van der Waals surface area contributed by atoms with Gasteiger partial charge in [0, 0.05) is 13.1 Å². The van der Waals surface area contributed by atoms with Crippen LogP contribution in [0.5, 0.6) is 0 Å². The van der Waals surface area contributed by atoms with Crippen molar-refractivity contribution >= 4 is 44.9 Å². The number of rotatable bonds is 3. The van der Waals surface area contributed by atoms with Crippen LogP contribution in [0.25, 0.3) is 10.2 Å². The quantitative estimate of drug-likeness (QED) is 0.867. The topological polar surface area (TPSA) is 81.3 Å². The number of anilines is 1. The van der Waals surface area contributed by atoms with E-state index in [9.17, 15) is 4.79 Å². The van der Waals surface area contributed by atoms with E-state index >= 15 is 0 Å². The number of carbonyl (C=O) groups excluding carboxylic acids is 1. The maximum Gasteiger partial charge on any atom is 0.224 e. The second kappa shape index (κ2) is 5.51. The Morgan fingerprint density at radius 1 is 1.60 bits per heavy atom. The molecule has 2 aromatic rings. The number of thiophene rings is 1. The predicted octanol–water partition coefficient (Wildman–Crippen LogP) is 1.43. The maximum atomic E-state index is 11.0. The first-order valence-electron chi connectivity index (χ1n) is 6.19. The first-order chi connectivity index (χ1) is 9.63. The molecule has 0 aliphatic carbocycles. The van der Waals surface area contributed by atoms with Gasteiger partial charge >= 0.3 is 0 Å². The molecule has 3 heterocycles. The molecule has 1 aliphatic rings. The summed E-state index contributed by atoms with van der Waals surface area (Å²) in [6, 6.07) is 1.92. The molecule has 0 bridgehead atoms. The number of hydrogen-bond acceptors (Lipinski definition) is 6. The summed E-state index contributed by atoms with van der Waals surface area (Å²) in [6.07, 6.45) is 0.00751. The van der Waals surface area contributed by atoms with Crippen LogP contribution in [0.2, 0.25) is 5.28 Å². The van der Waals surface area contributed by atoms with E-state index in [2.05, 4.69) is 14.9 Å². The van der Waals surface area contributed by atoms with Gasteiger partial charge in [0.1, 0.15) is 0 Å². The lowest BCUT2D eigenvalue weighted by Crippen LogP contribution is -2.44. The Bertz CT molecular complexity index is 647. The Morgan fingerprint density at radius 2 is 2.45 bits per heavy atom. The number of morpholine rings is 1. The molecule has 1 atom stereocenters. The lowest BCUT2D eigenvalue weighted by Gasteiger charge is -2.33. The second-order valence-electron chi connectivity index (χ2n) is 4.56. The highest BCUT2D eigenvalue weighted by Crippen LogP contribution is 2.31. The molecule has 8 heteroatoms. The predicted molar refractivity (Wildman–Crippen MR) is 78.2 cm³/mol. The fourth-order valence-electron chi connectivity index (χ4n) is 2.29. The van der Waals surface area contributed by atoms with Gasteiger partial charge in [0.15, 0.2) is 5.82 Å². The van der Waals surface area contributed by atoms with E-state index in [0.29, 0.717) is 19.7 Å². The third-order valence-electron chi connectivity index (χ3n) is 3.13. The van der Waals surface area contributed by atoms with E-state index in [0.717, 1.165) is 16.0 Å². The zero-order valence-electron chi connectivity index (χ0n) is 10.6. The van der Waals surface area contributed by atoms with Gasteiger partial charge in [-0.2, -0.15) is 4.98 Å². The van der Waals surface area contributed by atoms with E-state index < -0.39 is 0 Å². The first kappa shape index (κ1) is 13.5. The molecule has 1 fully saturated rings. The highest BCUT2D eigenvalue weighted by Gasteiger charge is 2.25. The van der Waals surface area contributed by atoms with Gasteiger partial charge in [-0.3, -0.25) is 4.79 Å². The summed E-state index contributed by atoms with van der Waals surface area (Å²) in [6.45, 7) is 1.81. The monoisotopic (exact) mass is 312 g/mol. The average Bonchev–Trinajstić information content (AvgIpc) is 2.85. The summed E-state index contributed by atoms with van der Waals surface area (Å²) < 4.78 is 6.54. The van der Waals surface area contributed by atoms with Crippen LogP contribution >= 0.6 is 22.9 Å². The van der Waals surface area contributed by atoms with Gasteiger partial charge in [-0.15, -0.1) is 11.3 Å². The minimum absolute atomic E-state index is 0.204. The van der Waals surface area contributed by atoms with E-state index in [-0.39, 0.29) is 23.7 Å². The van der Waals surface area contributed by atoms with Crippen molar-refractivity contribution < 1.29 is 9.53 Å². The summed E-state index contributed by atoms with van der Waals surface area (Å²) in [4.78, 5) is 21.6. The zero-order chi connectivity index (χ0) is 14.1. The molecular formula is C12H13ClN4O2S. The molecule has 2 aromatic heterocycles. The lowest BCUT2D eigenvalue weighted by molar-refractivity contribution is -0.121. The van der Waals surface area contributed by atoms with Crippen molar-refractivity contribution in [1.82, 2.24) is 9.97 Å². The van der Waals surface area contributed by atoms with Crippen molar-refractivity contribution in [3.8, 4) is 0 Å². The largest absolute Gasteiger partial charge is 0.374 e. The molecular weight excluding hydrogens is 300 g/mol. The van der Waals surface area contributed by atoms with Crippen molar-refractivity contribution in [1.29, 1.82) is 0 Å². The minimum atomic E-state index is -0.362. The number of ether oxygens (including phenoxy) is 1. The van der Waals surface area contributed by atoms with E-state index in [1.54, 1.807) is 11.3 Å². The molecule has 0 saturated carbocycles. The van der Waals surface area contributed by atoms with Gasteiger partial charge in [-0.25, -0.2) is 4.98 Å². The molecule has 1 unspecified atom stereocenters. The van der Waals surface area contributed by atoms with Crippen molar-refractivity contribution in [3.63, 3.8) is 0 Å². The summed E-state index contributed by atoms with van der Waals surface area (Å²) in [5, 5.41) is 2.18. The summed E-state index contributed by atoms with van der Waals surface area (Å²) >= 11 is 7.54. The first-order valence-corrected chi connectivity index (χ1v) is 7.45. The van der Waals surface area contributed by atoms with Crippen LogP contribution in [-0.2, 0) is 9.53 Å². The Hall–Kier alpha value is -1.44. The van der Waals surface area contributed by atoms with Crippen molar-refractivity contribution in [2.75, 3.05) is 24.6 Å². The molecule has 0 radical (unpaired) electrons. The molecule has 106 valence electrons. The van der Waals surface area contributed by atoms with Gasteiger partial charge in [-0.05, 0) is 23.0 Å². The molecule has 3 rings (SSSR count). The molecule has 1 saturated heterocycles. The Kier molecular flexibility index (Phi) is 3.73. The molecule has 0 aromatic carbocycles. The number of fused-ring (bicyclic) bond motifs is 1. The minimum Gasteiger partial charge on any atom is -0.374 e. The van der Waals surface area contributed by atoms with Gasteiger partial charge in [0.2, 0.25) is 11.2 Å². The Balaban J connectivity index is 1.90. The second-order valence-corrected chi connectivity index (χ2v) is 5.81. The molecule has 0 spiro atoms. The molecule has 6 nitrogen and oxygen atoms in total. The number of amides is 1. The summed E-state index contributed by atoms with van der Waals surface area (Å²) in [7, 11) is 0. The number of primary amides is 1. The smallest absolute Gasteiger partial charge is 0.224 e. The average molecular weight is 313 g/mol. The van der Waals surface area contributed by atoms with Crippen LogP contribution < -0.4 is 10.6 Å². The number of hydrogen-bond donors (Lipinski definition) is 1. The van der Waals surface area contributed by atoms with E-state index in [1.807, 2.05) is 11.4 Å². The Morgan fingerprint density at radius 3 is 3.25 bits per heavy atom. The molecule has 1 aliphatic heterocycles. The number of carbonyl (C=O) groups is 1. The fraction of sp³-hybridized carbons (Fsp3) is 0.417. The fourth-order valence-corrected chi connectivity index (χ4v) is 3.31. The maximum absolute atomic E-state index is 11.0.